The first-order valence-corrected chi connectivity index (χ1v) is 12.8. The number of anilines is 1. The number of halogens is 2. The molecule has 4 N–H and O–H groups in total. The molecule has 1 aliphatic heterocycles. The molecule has 10 heteroatoms. The lowest BCUT2D eigenvalue weighted by molar-refractivity contribution is -0.123. The molecule has 3 aliphatic rings. The van der Waals surface area contributed by atoms with E-state index in [4.69, 9.17) is 32.5 Å². The van der Waals surface area contributed by atoms with Crippen LogP contribution in [0.5, 0.6) is 0 Å². The maximum Gasteiger partial charge on any atom is 0.221 e. The largest absolute Gasteiger partial charge is 0.378 e. The first-order chi connectivity index (χ1) is 16.9. The van der Waals surface area contributed by atoms with E-state index in [-0.39, 0.29) is 29.6 Å². The third-order valence-corrected chi connectivity index (χ3v) is 8.36. The van der Waals surface area contributed by atoms with Crippen LogP contribution in [0.25, 0.3) is 22.6 Å². The summed E-state index contributed by atoms with van der Waals surface area (Å²) in [4.78, 5) is 27.0. The second kappa shape index (κ2) is 8.72. The predicted octanol–water partition coefficient (Wildman–Crippen LogP) is 4.17. The summed E-state index contributed by atoms with van der Waals surface area (Å²) in [5.74, 6) is -0.192. The summed E-state index contributed by atoms with van der Waals surface area (Å²) in [5, 5.41) is 9.72. The van der Waals surface area contributed by atoms with Crippen molar-refractivity contribution >= 4 is 56.0 Å². The first kappa shape index (κ1) is 22.7. The third kappa shape index (κ3) is 3.77. The molecule has 1 aromatic carbocycles. The zero-order chi connectivity index (χ0) is 24.3. The number of ether oxygens (including phenoxy) is 1. The number of imidazole rings is 1. The monoisotopic (exact) mass is 554 g/mol. The lowest BCUT2D eigenvalue weighted by atomic mass is 9.77. The Bertz CT molecular complexity index is 1380. The topological polar surface area (TPSA) is 121 Å². The number of aromatic amines is 1. The Labute approximate surface area is 215 Å². The van der Waals surface area contributed by atoms with Gasteiger partial charge in [0.1, 0.15) is 5.82 Å². The number of hydrogen-bond donors (Lipinski definition) is 3. The molecule has 2 aromatic heterocycles. The minimum absolute atomic E-state index is 0.0973. The molecule has 1 saturated heterocycles. The highest BCUT2D eigenvalue weighted by Crippen LogP contribution is 2.50. The number of carbonyl (C=O) groups excluding carboxylic acids is 1. The summed E-state index contributed by atoms with van der Waals surface area (Å²) < 4.78 is 6.12. The van der Waals surface area contributed by atoms with Crippen LogP contribution in [-0.4, -0.2) is 52.9 Å². The lowest BCUT2D eigenvalue weighted by Crippen LogP contribution is -2.37. The van der Waals surface area contributed by atoms with Crippen LogP contribution in [-0.2, 0) is 9.53 Å². The number of aromatic nitrogens is 3. The summed E-state index contributed by atoms with van der Waals surface area (Å²) in [5.41, 5.74) is 9.73. The number of rotatable bonds is 5. The Balaban J connectivity index is 1.38. The number of allylic oxidation sites excluding steroid dienone is 2. The molecule has 4 atom stereocenters. The average Bonchev–Trinajstić information content (AvgIpc) is 3.58. The van der Waals surface area contributed by atoms with E-state index < -0.39 is 0 Å². The van der Waals surface area contributed by atoms with Gasteiger partial charge in [-0.05, 0) is 52.4 Å². The number of nitrogens with two attached hydrogens (primary N) is 1. The Morgan fingerprint density at radius 1 is 1.23 bits per heavy atom. The lowest BCUT2D eigenvalue weighted by Gasteiger charge is -2.29. The van der Waals surface area contributed by atoms with Crippen molar-refractivity contribution in [2.45, 2.75) is 6.42 Å². The molecule has 6 rings (SSSR count). The molecule has 2 fully saturated rings. The zero-order valence-electron chi connectivity index (χ0n) is 18.8. The fraction of sp³-hybridized carbons (Fsp3) is 0.360. The number of hydrogen-bond acceptors (Lipinski definition) is 6. The Kier molecular flexibility index (Phi) is 5.66. The van der Waals surface area contributed by atoms with E-state index in [1.807, 2.05) is 18.2 Å². The minimum atomic E-state index is -0.378. The molecule has 180 valence electrons. The van der Waals surface area contributed by atoms with Gasteiger partial charge in [-0.2, -0.15) is 0 Å². The molecule has 2 bridgehead atoms. The smallest absolute Gasteiger partial charge is 0.221 e. The molecular formula is C25H24BrClN6O2. The number of amides is 1. The Morgan fingerprint density at radius 2 is 1.97 bits per heavy atom. The van der Waals surface area contributed by atoms with Gasteiger partial charge in [0.2, 0.25) is 5.91 Å². The van der Waals surface area contributed by atoms with Crippen LogP contribution in [0.4, 0.5) is 5.69 Å². The van der Waals surface area contributed by atoms with Crippen LogP contribution in [0.1, 0.15) is 12.0 Å². The van der Waals surface area contributed by atoms with Crippen LogP contribution in [0, 0.1) is 29.1 Å². The predicted molar refractivity (Wildman–Crippen MR) is 139 cm³/mol. The minimum Gasteiger partial charge on any atom is -0.378 e. The number of nitrogens with zero attached hydrogens (tertiary/aromatic N) is 3. The van der Waals surface area contributed by atoms with E-state index in [0.29, 0.717) is 51.0 Å². The van der Waals surface area contributed by atoms with Crippen LogP contribution in [0.2, 0.25) is 5.02 Å². The van der Waals surface area contributed by atoms with Gasteiger partial charge in [-0.15, -0.1) is 0 Å². The van der Waals surface area contributed by atoms with Crippen molar-refractivity contribution in [2.75, 3.05) is 31.2 Å². The van der Waals surface area contributed by atoms with Gasteiger partial charge in [-0.3, -0.25) is 4.79 Å². The molecule has 4 unspecified atom stereocenters. The van der Waals surface area contributed by atoms with Gasteiger partial charge in [-0.1, -0.05) is 23.8 Å². The summed E-state index contributed by atoms with van der Waals surface area (Å²) in [6.45, 7) is 3.06. The number of pyridine rings is 1. The zero-order valence-corrected chi connectivity index (χ0v) is 21.1. The normalized spacial score (nSPS) is 25.5. The van der Waals surface area contributed by atoms with Crippen LogP contribution in [0.15, 0.2) is 41.0 Å². The number of H-pyrrole nitrogens is 1. The fourth-order valence-corrected chi connectivity index (χ4v) is 6.59. The summed E-state index contributed by atoms with van der Waals surface area (Å²) in [7, 11) is 0. The number of benzene rings is 1. The summed E-state index contributed by atoms with van der Waals surface area (Å²) >= 11 is 10.3. The fourth-order valence-electron chi connectivity index (χ4n) is 5.81. The number of morpholine rings is 1. The van der Waals surface area contributed by atoms with E-state index in [2.05, 4.69) is 42.9 Å². The molecule has 3 aromatic rings. The van der Waals surface area contributed by atoms with Crippen LogP contribution in [0.3, 0.4) is 0 Å². The maximum absolute atomic E-state index is 12.3. The van der Waals surface area contributed by atoms with Gasteiger partial charge < -0.3 is 25.8 Å². The van der Waals surface area contributed by atoms with Gasteiger partial charge in [0.05, 0.1) is 29.7 Å². The molecule has 1 saturated carbocycles. The number of carbonyl (C=O) groups is 1. The second-order valence-corrected chi connectivity index (χ2v) is 10.6. The highest BCUT2D eigenvalue weighted by atomic mass is 79.9. The van der Waals surface area contributed by atoms with E-state index >= 15 is 0 Å². The average molecular weight is 556 g/mol. The standard InChI is InChI=1S/C25H24BrClN6O2/c26-16-11-30-25-22(20(16)21(28)18-12-1-2-13(9-12)19(18)23(29)34)31-24(32-25)15-4-3-14(10-17(15)27)33-5-7-35-8-6-33/h1-4,10-13,18-19,28H,5-9H2,(H2,29,34)(H,30,31,32). The van der Waals surface area contributed by atoms with Gasteiger partial charge in [-0.25, -0.2) is 9.97 Å². The van der Waals surface area contributed by atoms with Crippen molar-refractivity contribution in [2.24, 2.45) is 29.4 Å². The molecule has 3 heterocycles. The van der Waals surface area contributed by atoms with Gasteiger partial charge >= 0.3 is 0 Å². The highest BCUT2D eigenvalue weighted by Gasteiger charge is 2.49. The van der Waals surface area contributed by atoms with E-state index in [0.717, 1.165) is 30.8 Å². The molecule has 2 aliphatic carbocycles. The van der Waals surface area contributed by atoms with Crippen molar-refractivity contribution in [1.82, 2.24) is 15.0 Å². The maximum atomic E-state index is 12.3. The quantitative estimate of drug-likeness (QED) is 0.322. The molecule has 0 spiro atoms. The second-order valence-electron chi connectivity index (χ2n) is 9.34. The Hall–Kier alpha value is -2.75. The van der Waals surface area contributed by atoms with E-state index in [1.165, 1.54) is 0 Å². The van der Waals surface area contributed by atoms with E-state index in [1.54, 1.807) is 6.20 Å². The SMILES string of the molecule is N=C(c1c(Br)cnc2nc(-c3ccc(N4CCOCC4)cc3Cl)[nH]c12)C1C2C=CC(C2)C1C(N)=O. The van der Waals surface area contributed by atoms with Crippen molar-refractivity contribution in [3.63, 3.8) is 0 Å². The van der Waals surface area contributed by atoms with Crippen molar-refractivity contribution < 1.29 is 9.53 Å². The molecule has 35 heavy (non-hydrogen) atoms. The van der Waals surface area contributed by atoms with Crippen LogP contribution >= 0.6 is 27.5 Å². The molecule has 0 radical (unpaired) electrons. The molecule has 8 nitrogen and oxygen atoms in total. The Morgan fingerprint density at radius 3 is 2.69 bits per heavy atom. The summed E-state index contributed by atoms with van der Waals surface area (Å²) in [6, 6.07) is 5.93. The van der Waals surface area contributed by atoms with Crippen molar-refractivity contribution in [1.29, 1.82) is 5.41 Å². The summed E-state index contributed by atoms with van der Waals surface area (Å²) in [6.07, 6.45) is 6.69. The number of primary amides is 1. The number of nitrogens with one attached hydrogen (secondary N) is 2. The van der Waals surface area contributed by atoms with Crippen LogP contribution < -0.4 is 10.6 Å². The van der Waals surface area contributed by atoms with Gasteiger partial charge in [0.15, 0.2) is 5.65 Å². The van der Waals surface area contributed by atoms with Crippen molar-refractivity contribution in [3.05, 3.63) is 51.6 Å². The van der Waals surface area contributed by atoms with Gasteiger partial charge in [0.25, 0.3) is 0 Å². The highest BCUT2D eigenvalue weighted by molar-refractivity contribution is 9.10. The first-order valence-electron chi connectivity index (χ1n) is 11.7. The van der Waals surface area contributed by atoms with E-state index in [9.17, 15) is 4.79 Å². The van der Waals surface area contributed by atoms with Gasteiger partial charge in [0, 0.05) is 52.2 Å². The number of fused-ring (bicyclic) bond motifs is 3. The third-order valence-electron chi connectivity index (χ3n) is 7.45. The van der Waals surface area contributed by atoms with Crippen molar-refractivity contribution in [3.8, 4) is 11.4 Å². The molecular weight excluding hydrogens is 532 g/mol. The molecule has 1 amide bonds.